The van der Waals surface area contributed by atoms with Gasteiger partial charge in [-0.15, -0.1) is 0 Å². The Hall–Kier alpha value is -4.06. The number of rotatable bonds is 14. The van der Waals surface area contributed by atoms with Crippen LogP contribution in [0.5, 0.6) is 0 Å². The van der Waals surface area contributed by atoms with Crippen molar-refractivity contribution >= 4 is 39.1 Å². The lowest BCUT2D eigenvalue weighted by molar-refractivity contribution is -0.127. The second-order valence-electron chi connectivity index (χ2n) is 11.6. The second-order valence-corrected chi connectivity index (χ2v) is 13.5. The molecule has 234 valence electrons. The minimum Gasteiger partial charge on any atom is -0.436 e. The van der Waals surface area contributed by atoms with Gasteiger partial charge >= 0.3 is 6.09 Å². The standard InChI is InChI=1S/C33H39N3O7S/c1-22(2)19-35(44(41,42)29-15-11-27(34)12-16-29)20-31(39)26(17-24-7-5-4-6-8-24)18-30(38)32-21-36(33(40)43-32)28-13-9-25(10-14-28)23(3)37/h4-16,22,26,31-32,39H,17-21,34H2,1-3H3/t26-,31-,32+/m1/s1. The quantitative estimate of drug-likeness (QED) is 0.200. The first-order valence-corrected chi connectivity index (χ1v) is 16.0. The number of carbonyl (C=O) groups is 3. The number of ketones is 2. The first-order valence-electron chi connectivity index (χ1n) is 14.5. The molecule has 0 bridgehead atoms. The maximum atomic E-state index is 13.6. The van der Waals surface area contributed by atoms with E-state index in [9.17, 15) is 27.9 Å². The number of aliphatic hydroxyl groups is 1. The number of hydrogen-bond donors (Lipinski definition) is 2. The molecule has 3 aromatic rings. The van der Waals surface area contributed by atoms with Crippen molar-refractivity contribution in [2.45, 2.75) is 50.7 Å². The SMILES string of the molecule is CC(=O)c1ccc(N2C[C@@H](C(=O)C[C@@H](Cc3ccccc3)[C@H](O)CN(CC(C)C)S(=O)(=O)c3ccc(N)cc3)OC2=O)cc1. The average Bonchev–Trinajstić information content (AvgIpc) is 3.38. The number of benzene rings is 3. The predicted octanol–water partition coefficient (Wildman–Crippen LogP) is 4.32. The fourth-order valence-electron chi connectivity index (χ4n) is 5.19. The maximum absolute atomic E-state index is 13.6. The largest absolute Gasteiger partial charge is 0.436 e. The Bertz CT molecular complexity index is 1560. The van der Waals surface area contributed by atoms with Crippen LogP contribution in [0.3, 0.4) is 0 Å². The summed E-state index contributed by atoms with van der Waals surface area (Å²) < 4.78 is 33.9. The Morgan fingerprint density at radius 3 is 2.23 bits per heavy atom. The van der Waals surface area contributed by atoms with Crippen molar-refractivity contribution in [3.05, 3.63) is 90.0 Å². The van der Waals surface area contributed by atoms with Crippen LogP contribution in [0.4, 0.5) is 16.2 Å². The van der Waals surface area contributed by atoms with Gasteiger partial charge in [0, 0.05) is 36.4 Å². The molecule has 0 saturated carbocycles. The molecule has 10 nitrogen and oxygen atoms in total. The van der Waals surface area contributed by atoms with E-state index in [0.29, 0.717) is 23.4 Å². The number of amides is 1. The Labute approximate surface area is 258 Å². The molecule has 3 atom stereocenters. The minimum absolute atomic E-state index is 0.0176. The van der Waals surface area contributed by atoms with E-state index < -0.39 is 34.2 Å². The third kappa shape index (κ3) is 8.10. The topological polar surface area (TPSA) is 147 Å². The fourth-order valence-corrected chi connectivity index (χ4v) is 6.81. The first kappa shape index (κ1) is 32.8. The van der Waals surface area contributed by atoms with Crippen molar-refractivity contribution < 1.29 is 32.6 Å². The Morgan fingerprint density at radius 2 is 1.64 bits per heavy atom. The van der Waals surface area contributed by atoms with E-state index in [1.165, 1.54) is 40.4 Å². The third-order valence-corrected chi connectivity index (χ3v) is 9.43. The lowest BCUT2D eigenvalue weighted by Gasteiger charge is -2.30. The lowest BCUT2D eigenvalue weighted by atomic mass is 9.88. The summed E-state index contributed by atoms with van der Waals surface area (Å²) in [5.74, 6) is -1.18. The molecule has 3 N–H and O–H groups in total. The van der Waals surface area contributed by atoms with Gasteiger partial charge in [-0.3, -0.25) is 14.5 Å². The van der Waals surface area contributed by atoms with E-state index >= 15 is 0 Å². The van der Waals surface area contributed by atoms with Gasteiger partial charge in [0.05, 0.1) is 17.5 Å². The summed E-state index contributed by atoms with van der Waals surface area (Å²) in [6.07, 6.45) is -2.78. The highest BCUT2D eigenvalue weighted by atomic mass is 32.2. The fraction of sp³-hybridized carbons (Fsp3) is 0.364. The number of sulfonamides is 1. The third-order valence-electron chi connectivity index (χ3n) is 7.58. The molecule has 0 aliphatic carbocycles. The van der Waals surface area contributed by atoms with Gasteiger partial charge in [0.25, 0.3) is 0 Å². The van der Waals surface area contributed by atoms with Crippen LogP contribution >= 0.6 is 0 Å². The van der Waals surface area contributed by atoms with E-state index in [1.807, 2.05) is 44.2 Å². The van der Waals surface area contributed by atoms with Crippen molar-refractivity contribution in [3.63, 3.8) is 0 Å². The molecule has 0 unspecified atom stereocenters. The van der Waals surface area contributed by atoms with Crippen LogP contribution in [0.25, 0.3) is 0 Å². The normalized spacial score (nSPS) is 16.6. The van der Waals surface area contributed by atoms with Crippen LogP contribution in [0.1, 0.15) is 43.1 Å². The van der Waals surface area contributed by atoms with Crippen molar-refractivity contribution in [1.82, 2.24) is 4.31 Å². The smallest absolute Gasteiger partial charge is 0.415 e. The van der Waals surface area contributed by atoms with Gasteiger partial charge in [0.2, 0.25) is 10.0 Å². The highest BCUT2D eigenvalue weighted by Gasteiger charge is 2.39. The zero-order valence-electron chi connectivity index (χ0n) is 25.1. The summed E-state index contributed by atoms with van der Waals surface area (Å²) >= 11 is 0. The summed E-state index contributed by atoms with van der Waals surface area (Å²) in [5, 5.41) is 11.5. The monoisotopic (exact) mass is 621 g/mol. The number of ether oxygens (including phenoxy) is 1. The molecule has 1 aliphatic rings. The number of hydrogen-bond acceptors (Lipinski definition) is 8. The maximum Gasteiger partial charge on any atom is 0.415 e. The van der Waals surface area contributed by atoms with E-state index in [1.54, 1.807) is 24.3 Å². The van der Waals surface area contributed by atoms with Crippen molar-refractivity contribution in [2.24, 2.45) is 11.8 Å². The number of Topliss-reactive ketones (excluding diaryl/α,β-unsaturated/α-hetero) is 2. The van der Waals surface area contributed by atoms with Crippen molar-refractivity contribution in [2.75, 3.05) is 30.3 Å². The molecule has 1 heterocycles. The second kappa shape index (κ2) is 14.1. The van der Waals surface area contributed by atoms with Crippen LogP contribution in [0, 0.1) is 11.8 Å². The van der Waals surface area contributed by atoms with Gasteiger partial charge in [0.1, 0.15) is 0 Å². The van der Waals surface area contributed by atoms with Crippen LogP contribution in [-0.2, 0) is 26.0 Å². The molecule has 0 aromatic heterocycles. The molecule has 1 fully saturated rings. The molecule has 0 spiro atoms. The van der Waals surface area contributed by atoms with E-state index in [0.717, 1.165) is 5.56 Å². The Morgan fingerprint density at radius 1 is 1.00 bits per heavy atom. The van der Waals surface area contributed by atoms with Crippen LogP contribution in [0.15, 0.2) is 83.8 Å². The summed E-state index contributed by atoms with van der Waals surface area (Å²) in [7, 11) is -3.98. The number of nitrogens with two attached hydrogens (primary N) is 1. The molecular formula is C33H39N3O7S. The molecule has 0 radical (unpaired) electrons. The van der Waals surface area contributed by atoms with Gasteiger partial charge < -0.3 is 15.6 Å². The average molecular weight is 622 g/mol. The highest BCUT2D eigenvalue weighted by molar-refractivity contribution is 7.89. The van der Waals surface area contributed by atoms with Gasteiger partial charge in [-0.2, -0.15) is 4.31 Å². The molecule has 1 saturated heterocycles. The predicted molar refractivity (Wildman–Crippen MR) is 168 cm³/mol. The number of carbonyl (C=O) groups excluding carboxylic acids is 3. The van der Waals surface area contributed by atoms with Gasteiger partial charge in [-0.25, -0.2) is 13.2 Å². The molecule has 1 amide bonds. The molecule has 44 heavy (non-hydrogen) atoms. The number of aliphatic hydroxyl groups excluding tert-OH is 1. The summed E-state index contributed by atoms with van der Waals surface area (Å²) in [6.45, 7) is 5.13. The van der Waals surface area contributed by atoms with Gasteiger partial charge in [0.15, 0.2) is 17.7 Å². The van der Waals surface area contributed by atoms with Crippen LogP contribution < -0.4 is 10.6 Å². The number of nitrogen functional groups attached to an aromatic ring is 1. The van der Waals surface area contributed by atoms with Crippen molar-refractivity contribution in [3.8, 4) is 0 Å². The molecule has 4 rings (SSSR count). The number of cyclic esters (lactones) is 1. The lowest BCUT2D eigenvalue weighted by Crippen LogP contribution is -2.43. The molecule has 1 aliphatic heterocycles. The summed E-state index contributed by atoms with van der Waals surface area (Å²) in [5.41, 5.74) is 8.05. The zero-order valence-corrected chi connectivity index (χ0v) is 25.9. The van der Waals surface area contributed by atoms with E-state index in [4.69, 9.17) is 10.5 Å². The molecule has 3 aromatic carbocycles. The zero-order chi connectivity index (χ0) is 32.0. The van der Waals surface area contributed by atoms with Crippen LogP contribution in [-0.4, -0.2) is 67.3 Å². The van der Waals surface area contributed by atoms with Gasteiger partial charge in [-0.1, -0.05) is 44.2 Å². The first-order chi connectivity index (χ1) is 20.8. The van der Waals surface area contributed by atoms with Crippen LogP contribution in [0.2, 0.25) is 0 Å². The van der Waals surface area contributed by atoms with E-state index in [2.05, 4.69) is 0 Å². The summed E-state index contributed by atoms with van der Waals surface area (Å²) in [6, 6.07) is 21.7. The summed E-state index contributed by atoms with van der Waals surface area (Å²) in [4.78, 5) is 39.2. The number of anilines is 2. The minimum atomic E-state index is -3.98. The number of nitrogens with zero attached hydrogens (tertiary/aromatic N) is 2. The Balaban J connectivity index is 1.53. The van der Waals surface area contributed by atoms with Gasteiger partial charge in [-0.05, 0) is 79.3 Å². The Kier molecular flexibility index (Phi) is 10.6. The highest BCUT2D eigenvalue weighted by Crippen LogP contribution is 2.27. The molecule has 11 heteroatoms. The molecular weight excluding hydrogens is 582 g/mol. The van der Waals surface area contributed by atoms with Crippen molar-refractivity contribution in [1.29, 1.82) is 0 Å². The van der Waals surface area contributed by atoms with E-state index in [-0.39, 0.29) is 48.4 Å².